The Morgan fingerprint density at radius 1 is 1.30 bits per heavy atom. The van der Waals surface area contributed by atoms with Crippen LogP contribution >= 0.6 is 0 Å². The molecule has 1 rings (SSSR count). The van der Waals surface area contributed by atoms with Crippen LogP contribution < -0.4 is 5.32 Å². The molecule has 0 heterocycles. The molecule has 0 radical (unpaired) electrons. The van der Waals surface area contributed by atoms with Crippen molar-refractivity contribution >= 4 is 11.6 Å². The van der Waals surface area contributed by atoms with E-state index in [2.05, 4.69) is 5.32 Å². The van der Waals surface area contributed by atoms with Crippen molar-refractivity contribution in [3.63, 3.8) is 0 Å². The molecule has 0 atom stereocenters. The van der Waals surface area contributed by atoms with E-state index in [1.807, 2.05) is 37.3 Å². The van der Waals surface area contributed by atoms with Crippen LogP contribution in [0.3, 0.4) is 0 Å². The minimum absolute atomic E-state index is 0.0634. The summed E-state index contributed by atoms with van der Waals surface area (Å²) >= 11 is 0. The Labute approximate surface area is 121 Å². The molecule has 4 heteroatoms. The monoisotopic (exact) mass is 276 g/mol. The lowest BCUT2D eigenvalue weighted by molar-refractivity contribution is -0.119. The van der Waals surface area contributed by atoms with Crippen molar-refractivity contribution in [2.24, 2.45) is 0 Å². The van der Waals surface area contributed by atoms with Gasteiger partial charge in [0.15, 0.2) is 0 Å². The van der Waals surface area contributed by atoms with Gasteiger partial charge >= 0.3 is 0 Å². The Bertz CT molecular complexity index is 404. The first kappa shape index (κ1) is 16.4. The molecule has 0 aliphatic rings. The molecule has 2 N–H and O–H groups in total. The topological polar surface area (TPSA) is 62.2 Å². The average molecular weight is 276 g/mol. The standard InChI is InChI=1S/C16H24N2O2/c1-2-7-15(17)12-16(19)18-10-6-11-20-13-14-8-4-3-5-9-14/h3-5,8-9,17H,2,6-7,10-13H2,1H3,(H,18,19). The third kappa shape index (κ3) is 7.69. The summed E-state index contributed by atoms with van der Waals surface area (Å²) in [6, 6.07) is 10.0. The molecule has 0 spiro atoms. The lowest BCUT2D eigenvalue weighted by Gasteiger charge is -2.07. The van der Waals surface area contributed by atoms with Gasteiger partial charge in [0.25, 0.3) is 0 Å². The average Bonchev–Trinajstić information content (AvgIpc) is 2.44. The van der Waals surface area contributed by atoms with E-state index in [4.69, 9.17) is 10.1 Å². The first-order valence-corrected chi connectivity index (χ1v) is 7.17. The molecular formula is C16H24N2O2. The van der Waals surface area contributed by atoms with Gasteiger partial charge in [-0.2, -0.15) is 0 Å². The van der Waals surface area contributed by atoms with Crippen LogP contribution in [0.25, 0.3) is 0 Å². The third-order valence-electron chi connectivity index (χ3n) is 2.82. The Morgan fingerprint density at radius 3 is 2.75 bits per heavy atom. The number of hydrogen-bond donors (Lipinski definition) is 2. The molecule has 0 unspecified atom stereocenters. The number of hydrogen-bond acceptors (Lipinski definition) is 3. The number of nitrogens with one attached hydrogen (secondary N) is 2. The molecule has 0 aromatic heterocycles. The van der Waals surface area contributed by atoms with Crippen LogP contribution in [-0.2, 0) is 16.1 Å². The largest absolute Gasteiger partial charge is 0.377 e. The van der Waals surface area contributed by atoms with Gasteiger partial charge in [0.05, 0.1) is 13.0 Å². The lowest BCUT2D eigenvalue weighted by Crippen LogP contribution is -2.27. The summed E-state index contributed by atoms with van der Waals surface area (Å²) < 4.78 is 5.53. The number of amides is 1. The van der Waals surface area contributed by atoms with Gasteiger partial charge in [-0.3, -0.25) is 4.79 Å². The highest BCUT2D eigenvalue weighted by Gasteiger charge is 2.04. The fourth-order valence-corrected chi connectivity index (χ4v) is 1.81. The zero-order chi connectivity index (χ0) is 14.6. The molecule has 110 valence electrons. The Hall–Kier alpha value is -1.68. The van der Waals surface area contributed by atoms with Crippen molar-refractivity contribution in [3.05, 3.63) is 35.9 Å². The minimum Gasteiger partial charge on any atom is -0.377 e. The normalized spacial score (nSPS) is 10.2. The van der Waals surface area contributed by atoms with Gasteiger partial charge in [0.1, 0.15) is 0 Å². The predicted octanol–water partition coefficient (Wildman–Crippen LogP) is 2.92. The van der Waals surface area contributed by atoms with Gasteiger partial charge in [-0.15, -0.1) is 0 Å². The lowest BCUT2D eigenvalue weighted by atomic mass is 10.1. The van der Waals surface area contributed by atoms with Crippen LogP contribution in [0.15, 0.2) is 30.3 Å². The second-order valence-electron chi connectivity index (χ2n) is 4.77. The summed E-state index contributed by atoms with van der Waals surface area (Å²) in [6.45, 7) is 3.85. The van der Waals surface area contributed by atoms with Gasteiger partial charge in [0.2, 0.25) is 5.91 Å². The van der Waals surface area contributed by atoms with Gasteiger partial charge in [-0.1, -0.05) is 43.7 Å². The zero-order valence-electron chi connectivity index (χ0n) is 12.2. The number of carbonyl (C=O) groups excluding carboxylic acids is 1. The molecule has 0 fully saturated rings. The van der Waals surface area contributed by atoms with Crippen molar-refractivity contribution in [2.45, 2.75) is 39.2 Å². The SMILES string of the molecule is CCCC(=N)CC(=O)NCCCOCc1ccccc1. The van der Waals surface area contributed by atoms with E-state index in [-0.39, 0.29) is 12.3 Å². The van der Waals surface area contributed by atoms with Crippen molar-refractivity contribution in [2.75, 3.05) is 13.2 Å². The molecule has 0 bridgehead atoms. The van der Waals surface area contributed by atoms with Crippen LogP contribution in [0, 0.1) is 5.41 Å². The molecule has 1 aromatic carbocycles. The smallest absolute Gasteiger partial charge is 0.225 e. The molecule has 4 nitrogen and oxygen atoms in total. The maximum absolute atomic E-state index is 11.5. The van der Waals surface area contributed by atoms with Crippen LogP contribution in [-0.4, -0.2) is 24.8 Å². The maximum Gasteiger partial charge on any atom is 0.225 e. The summed E-state index contributed by atoms with van der Waals surface area (Å²) in [5.41, 5.74) is 1.66. The highest BCUT2D eigenvalue weighted by molar-refractivity contribution is 5.99. The van der Waals surface area contributed by atoms with E-state index in [0.29, 0.717) is 31.9 Å². The second-order valence-corrected chi connectivity index (χ2v) is 4.77. The zero-order valence-corrected chi connectivity index (χ0v) is 12.2. The molecule has 0 saturated heterocycles. The van der Waals surface area contributed by atoms with E-state index >= 15 is 0 Å². The van der Waals surface area contributed by atoms with Gasteiger partial charge in [-0.05, 0) is 18.4 Å². The molecule has 1 amide bonds. The Morgan fingerprint density at radius 2 is 2.05 bits per heavy atom. The first-order valence-electron chi connectivity index (χ1n) is 7.17. The van der Waals surface area contributed by atoms with E-state index < -0.39 is 0 Å². The number of carbonyl (C=O) groups is 1. The van der Waals surface area contributed by atoms with Crippen LogP contribution in [0.5, 0.6) is 0 Å². The summed E-state index contributed by atoms with van der Waals surface area (Å²) in [7, 11) is 0. The number of ether oxygens (including phenoxy) is 1. The molecular weight excluding hydrogens is 252 g/mol. The molecule has 0 saturated carbocycles. The van der Waals surface area contributed by atoms with Crippen molar-refractivity contribution in [1.82, 2.24) is 5.32 Å². The van der Waals surface area contributed by atoms with Crippen molar-refractivity contribution < 1.29 is 9.53 Å². The van der Waals surface area contributed by atoms with E-state index in [1.54, 1.807) is 0 Å². The molecule has 1 aromatic rings. The van der Waals surface area contributed by atoms with Crippen molar-refractivity contribution in [1.29, 1.82) is 5.41 Å². The van der Waals surface area contributed by atoms with Gasteiger partial charge in [0, 0.05) is 18.9 Å². The summed E-state index contributed by atoms with van der Waals surface area (Å²) in [5.74, 6) is -0.0634. The minimum atomic E-state index is -0.0634. The number of rotatable bonds is 10. The molecule has 0 aliphatic heterocycles. The van der Waals surface area contributed by atoms with Crippen molar-refractivity contribution in [3.8, 4) is 0 Å². The third-order valence-corrected chi connectivity index (χ3v) is 2.82. The number of benzene rings is 1. The molecule has 20 heavy (non-hydrogen) atoms. The Kier molecular flexibility index (Phi) is 8.31. The predicted molar refractivity (Wildman–Crippen MR) is 81.0 cm³/mol. The first-order chi connectivity index (χ1) is 9.72. The maximum atomic E-state index is 11.5. The molecule has 0 aliphatic carbocycles. The van der Waals surface area contributed by atoms with Crippen LogP contribution in [0.4, 0.5) is 0 Å². The Balaban J connectivity index is 1.99. The highest BCUT2D eigenvalue weighted by Crippen LogP contribution is 2.00. The van der Waals surface area contributed by atoms with Gasteiger partial charge in [-0.25, -0.2) is 0 Å². The van der Waals surface area contributed by atoms with Crippen LogP contribution in [0.1, 0.15) is 38.2 Å². The fraction of sp³-hybridized carbons (Fsp3) is 0.500. The summed E-state index contributed by atoms with van der Waals surface area (Å²) in [4.78, 5) is 11.5. The second kappa shape index (κ2) is 10.1. The fourth-order valence-electron chi connectivity index (χ4n) is 1.81. The van der Waals surface area contributed by atoms with E-state index in [1.165, 1.54) is 0 Å². The van der Waals surface area contributed by atoms with E-state index in [9.17, 15) is 4.79 Å². The van der Waals surface area contributed by atoms with E-state index in [0.717, 1.165) is 18.4 Å². The summed E-state index contributed by atoms with van der Waals surface area (Å²) in [6.07, 6.45) is 2.63. The summed E-state index contributed by atoms with van der Waals surface area (Å²) in [5, 5.41) is 10.4. The quantitative estimate of drug-likeness (QED) is 0.510. The van der Waals surface area contributed by atoms with Gasteiger partial charge < -0.3 is 15.5 Å². The van der Waals surface area contributed by atoms with Crippen LogP contribution in [0.2, 0.25) is 0 Å². The highest BCUT2D eigenvalue weighted by atomic mass is 16.5.